The van der Waals surface area contributed by atoms with Crippen molar-refractivity contribution < 1.29 is 19.8 Å². The van der Waals surface area contributed by atoms with Gasteiger partial charge >= 0.3 is 0 Å². The molecule has 5 rings (SSSR count). The molecule has 0 aromatic carbocycles. The van der Waals surface area contributed by atoms with Crippen molar-refractivity contribution in [3.63, 3.8) is 0 Å². The lowest BCUT2D eigenvalue weighted by Crippen LogP contribution is -2.67. The summed E-state index contributed by atoms with van der Waals surface area (Å²) in [6.07, 6.45) is 42.4. The zero-order chi connectivity index (χ0) is 45.7. The van der Waals surface area contributed by atoms with Crippen LogP contribution in [-0.4, -0.2) is 60.4 Å². The van der Waals surface area contributed by atoms with Crippen LogP contribution in [0.25, 0.3) is 0 Å². The molecule has 0 saturated heterocycles. The molecular formula is C56H89N3O4. The highest BCUT2D eigenvalue weighted by Gasteiger charge is 2.70. The van der Waals surface area contributed by atoms with Crippen LogP contribution in [-0.2, 0) is 9.59 Å². The number of fused-ring (bicyclic) bond motifs is 7. The molecule has 5 aliphatic rings. The second-order valence-corrected chi connectivity index (χ2v) is 21.7. The molecule has 0 radical (unpaired) electrons. The van der Waals surface area contributed by atoms with Gasteiger partial charge in [0.1, 0.15) is 0 Å². The lowest BCUT2D eigenvalue weighted by molar-refractivity contribution is -0.231. The first-order chi connectivity index (χ1) is 30.1. The van der Waals surface area contributed by atoms with E-state index in [1.807, 2.05) is 0 Å². The Balaban J connectivity index is 1.01. The molecule has 11 atom stereocenters. The van der Waals surface area contributed by atoms with Gasteiger partial charge in [-0.2, -0.15) is 0 Å². The van der Waals surface area contributed by atoms with Crippen molar-refractivity contribution in [2.75, 3.05) is 26.2 Å². The van der Waals surface area contributed by atoms with Gasteiger partial charge in [0, 0.05) is 32.6 Å². The minimum atomic E-state index is -0.693. The largest absolute Gasteiger partial charge is 0.390 e. The van der Waals surface area contributed by atoms with Gasteiger partial charge in [0.15, 0.2) is 0 Å². The summed E-state index contributed by atoms with van der Waals surface area (Å²) in [7, 11) is 0. The van der Waals surface area contributed by atoms with E-state index in [0.717, 1.165) is 89.9 Å². The summed E-state index contributed by atoms with van der Waals surface area (Å²) in [5.74, 6) is 2.31. The van der Waals surface area contributed by atoms with Crippen molar-refractivity contribution in [2.24, 2.45) is 56.7 Å². The molecule has 0 heterocycles. The number of rotatable bonds is 21. The Kier molecular flexibility index (Phi) is 18.6. The van der Waals surface area contributed by atoms with Crippen LogP contribution in [0.15, 0.2) is 84.6 Å². The monoisotopic (exact) mass is 868 g/mol. The first-order valence-electron chi connectivity index (χ1n) is 25.3. The third-order valence-electron chi connectivity index (χ3n) is 17.7. The zero-order valence-corrected chi connectivity index (χ0v) is 40.9. The second kappa shape index (κ2) is 22.9. The van der Waals surface area contributed by atoms with E-state index in [2.05, 4.69) is 150 Å². The number of hydrogen-bond acceptors (Lipinski definition) is 5. The first-order valence-corrected chi connectivity index (χ1v) is 25.3. The van der Waals surface area contributed by atoms with Gasteiger partial charge in [0.05, 0.1) is 17.6 Å². The highest BCUT2D eigenvalue weighted by atomic mass is 16.3. The Labute approximate surface area is 384 Å². The van der Waals surface area contributed by atoms with Crippen LogP contribution in [0.1, 0.15) is 158 Å². The van der Waals surface area contributed by atoms with Crippen LogP contribution >= 0.6 is 0 Å². The Morgan fingerprint density at radius 2 is 1.27 bits per heavy atom. The van der Waals surface area contributed by atoms with Crippen LogP contribution in [0.2, 0.25) is 0 Å². The highest BCUT2D eigenvalue weighted by molar-refractivity contribution is 5.84. The average Bonchev–Trinajstić information content (AvgIpc) is 3.24. The molecular weight excluding hydrogens is 779 g/mol. The van der Waals surface area contributed by atoms with E-state index in [9.17, 15) is 19.8 Å². The van der Waals surface area contributed by atoms with Gasteiger partial charge in [0.25, 0.3) is 0 Å². The summed E-state index contributed by atoms with van der Waals surface area (Å²) in [5.41, 5.74) is 0.847. The van der Waals surface area contributed by atoms with E-state index >= 15 is 0 Å². The topological polar surface area (TPSA) is 111 Å². The number of aliphatic hydroxyl groups excluding tert-OH is 2. The van der Waals surface area contributed by atoms with Crippen LogP contribution in [0.3, 0.4) is 0 Å². The van der Waals surface area contributed by atoms with Crippen molar-refractivity contribution in [1.82, 2.24) is 16.0 Å². The number of carbonyl (C=O) groups is 2. The Bertz CT molecular complexity index is 1720. The molecule has 11 unspecified atom stereocenters. The Morgan fingerprint density at radius 1 is 0.698 bits per heavy atom. The van der Waals surface area contributed by atoms with Gasteiger partial charge in [-0.3, -0.25) is 9.59 Å². The van der Waals surface area contributed by atoms with Gasteiger partial charge < -0.3 is 26.2 Å². The Morgan fingerprint density at radius 3 is 1.87 bits per heavy atom. The summed E-state index contributed by atoms with van der Waals surface area (Å²) in [5, 5.41) is 32.2. The minimum absolute atomic E-state index is 0.00597. The molecule has 0 spiro atoms. The van der Waals surface area contributed by atoms with Gasteiger partial charge in [-0.25, -0.2) is 0 Å². The van der Waals surface area contributed by atoms with Crippen LogP contribution in [0, 0.1) is 56.7 Å². The normalized spacial score (nSPS) is 36.5. The molecule has 0 aromatic rings. The molecule has 352 valence electrons. The molecule has 2 amide bonds. The summed E-state index contributed by atoms with van der Waals surface area (Å²) in [4.78, 5) is 26.9. The van der Waals surface area contributed by atoms with Crippen molar-refractivity contribution in [1.29, 1.82) is 0 Å². The molecule has 0 bridgehead atoms. The van der Waals surface area contributed by atoms with Crippen LogP contribution < -0.4 is 16.0 Å². The first kappa shape index (κ1) is 51.0. The van der Waals surface area contributed by atoms with E-state index in [1.54, 1.807) is 5.57 Å². The SMILES string of the molecule is CCC=CCC=CCC=CCC=CCC=CCC=CCCC(=O)NCCNCCNC(=O)C12CCC(C)C(C)C1C1=CCC3C4(C)CC(O)C(O)C(C)(C)C4CCC3(C)C1(C)CC2. The van der Waals surface area contributed by atoms with Crippen molar-refractivity contribution in [3.8, 4) is 0 Å². The molecule has 7 heteroatoms. The lowest BCUT2D eigenvalue weighted by atomic mass is 9.33. The summed E-state index contributed by atoms with van der Waals surface area (Å²) in [6.45, 7) is 21.3. The van der Waals surface area contributed by atoms with Gasteiger partial charge in [0.2, 0.25) is 11.8 Å². The lowest BCUT2D eigenvalue weighted by Gasteiger charge is -2.71. The van der Waals surface area contributed by atoms with Gasteiger partial charge in [-0.15, -0.1) is 0 Å². The fraction of sp³-hybridized carbons (Fsp3) is 0.714. The molecule has 4 fully saturated rings. The Hall–Kier alpha value is -3.00. The smallest absolute Gasteiger partial charge is 0.226 e. The molecule has 4 saturated carbocycles. The molecule has 0 aromatic heterocycles. The number of nitrogens with one attached hydrogen (secondary N) is 3. The highest BCUT2D eigenvalue weighted by Crippen LogP contribution is 2.75. The quantitative estimate of drug-likeness (QED) is 0.0583. The molecule has 63 heavy (non-hydrogen) atoms. The molecule has 5 aliphatic carbocycles. The number of aliphatic hydroxyl groups is 2. The maximum absolute atomic E-state index is 14.5. The number of carbonyl (C=O) groups excluding carboxylic acids is 2. The van der Waals surface area contributed by atoms with Crippen LogP contribution in [0.5, 0.6) is 0 Å². The number of hydrogen-bond donors (Lipinski definition) is 5. The van der Waals surface area contributed by atoms with E-state index in [1.165, 1.54) is 0 Å². The van der Waals surface area contributed by atoms with E-state index in [0.29, 0.717) is 62.7 Å². The summed E-state index contributed by atoms with van der Waals surface area (Å²) >= 11 is 0. The molecule has 7 nitrogen and oxygen atoms in total. The minimum Gasteiger partial charge on any atom is -0.390 e. The maximum Gasteiger partial charge on any atom is 0.226 e. The fourth-order valence-corrected chi connectivity index (χ4v) is 13.8. The average molecular weight is 868 g/mol. The second-order valence-electron chi connectivity index (χ2n) is 21.7. The van der Waals surface area contributed by atoms with Gasteiger partial charge in [-0.1, -0.05) is 140 Å². The van der Waals surface area contributed by atoms with E-state index < -0.39 is 12.2 Å². The van der Waals surface area contributed by atoms with E-state index in [4.69, 9.17) is 0 Å². The predicted molar refractivity (Wildman–Crippen MR) is 263 cm³/mol. The van der Waals surface area contributed by atoms with Crippen molar-refractivity contribution >= 4 is 11.8 Å². The van der Waals surface area contributed by atoms with Crippen LogP contribution in [0.4, 0.5) is 0 Å². The third kappa shape index (κ3) is 11.3. The third-order valence-corrected chi connectivity index (χ3v) is 17.7. The standard InChI is InChI=1S/C56H89N3O4/c1-9-10-11-12-13-14-15-16-17-18-19-20-21-22-23-24-25-26-27-28-48(61)58-39-37-57-38-40-59-51(63)56-34-31-42(2)43(3)49(56)44-29-30-47-53(6)41-45(60)50(62)52(4,5)46(53)32-33-55(47,8)54(44,7)35-36-56/h10-11,13-14,16-17,19-20,22-23,25-26,29,42-43,45-47,49-50,57,60,62H,9,12,15,18,21,24,27-28,30-41H2,1-8H3,(H,58,61)(H,59,63). The number of amides is 2. The zero-order valence-electron chi connectivity index (χ0n) is 40.9. The maximum atomic E-state index is 14.5. The van der Waals surface area contributed by atoms with Gasteiger partial charge in [-0.05, 0) is 148 Å². The van der Waals surface area contributed by atoms with E-state index in [-0.39, 0.29) is 44.8 Å². The molecule has 0 aliphatic heterocycles. The van der Waals surface area contributed by atoms with Crippen molar-refractivity contribution in [3.05, 3.63) is 84.6 Å². The summed E-state index contributed by atoms with van der Waals surface area (Å²) < 4.78 is 0. The fourth-order valence-electron chi connectivity index (χ4n) is 13.8. The number of allylic oxidation sites excluding steroid dienone is 14. The predicted octanol–water partition coefficient (Wildman–Crippen LogP) is 11.3. The van der Waals surface area contributed by atoms with Crippen molar-refractivity contribution in [2.45, 2.75) is 170 Å². The summed E-state index contributed by atoms with van der Waals surface area (Å²) in [6, 6.07) is 0. The molecule has 5 N–H and O–H groups in total.